The summed E-state index contributed by atoms with van der Waals surface area (Å²) in [6.07, 6.45) is 8.81. The fourth-order valence-electron chi connectivity index (χ4n) is 3.45. The van der Waals surface area contributed by atoms with Gasteiger partial charge in [0.1, 0.15) is 0 Å². The van der Waals surface area contributed by atoms with E-state index in [0.717, 1.165) is 38.5 Å². The number of rotatable bonds is 11. The van der Waals surface area contributed by atoms with Gasteiger partial charge in [-0.25, -0.2) is 0 Å². The molecule has 0 heterocycles. The van der Waals surface area contributed by atoms with Crippen molar-refractivity contribution in [1.82, 2.24) is 0 Å². The first-order valence-electron chi connectivity index (χ1n) is 8.90. The maximum absolute atomic E-state index is 10.4. The Bertz CT molecular complexity index is 368. The Balaban J connectivity index is 2.18. The number of aliphatic hydroxyl groups excluding tert-OH is 3. The highest BCUT2D eigenvalue weighted by Crippen LogP contribution is 2.35. The third-order valence-electron chi connectivity index (χ3n) is 4.83. The highest BCUT2D eigenvalue weighted by atomic mass is 16.4. The second kappa shape index (κ2) is 10.8. The first kappa shape index (κ1) is 20.1. The molecule has 134 valence electrons. The number of hydrogen-bond donors (Lipinski definition) is 4. The van der Waals surface area contributed by atoms with Crippen molar-refractivity contribution in [3.8, 4) is 0 Å². The molecule has 0 spiro atoms. The average molecular weight is 328 g/mol. The second-order valence-electron chi connectivity index (χ2n) is 6.67. The lowest BCUT2D eigenvalue weighted by Gasteiger charge is -2.19. The SMILES string of the molecule is CC[C@H]1[C@@H](/C=C/[C@@H](O)CCCCCCCC(=O)O)[C@@H](O)C[C@H]1O. The molecule has 0 unspecified atom stereocenters. The van der Waals surface area contributed by atoms with Crippen LogP contribution in [0, 0.1) is 11.8 Å². The molecule has 23 heavy (non-hydrogen) atoms. The van der Waals surface area contributed by atoms with E-state index in [4.69, 9.17) is 5.11 Å². The molecule has 1 rings (SSSR count). The summed E-state index contributed by atoms with van der Waals surface area (Å²) in [7, 11) is 0. The van der Waals surface area contributed by atoms with E-state index in [1.54, 1.807) is 6.08 Å². The molecule has 5 heteroatoms. The third kappa shape index (κ3) is 7.46. The van der Waals surface area contributed by atoms with Gasteiger partial charge in [-0.2, -0.15) is 0 Å². The molecule has 0 radical (unpaired) electrons. The molecule has 1 saturated carbocycles. The van der Waals surface area contributed by atoms with Crippen molar-refractivity contribution in [3.63, 3.8) is 0 Å². The van der Waals surface area contributed by atoms with E-state index in [2.05, 4.69) is 0 Å². The fraction of sp³-hybridized carbons (Fsp3) is 0.833. The minimum absolute atomic E-state index is 0.0688. The Labute approximate surface area is 139 Å². The van der Waals surface area contributed by atoms with Gasteiger partial charge in [-0.05, 0) is 18.8 Å². The van der Waals surface area contributed by atoms with Crippen LogP contribution in [0.15, 0.2) is 12.2 Å². The van der Waals surface area contributed by atoms with E-state index in [1.165, 1.54) is 0 Å². The summed E-state index contributed by atoms with van der Waals surface area (Å²) in [5.41, 5.74) is 0. The largest absolute Gasteiger partial charge is 0.481 e. The van der Waals surface area contributed by atoms with Crippen molar-refractivity contribution in [2.75, 3.05) is 0 Å². The van der Waals surface area contributed by atoms with Gasteiger partial charge in [-0.1, -0.05) is 51.2 Å². The highest BCUT2D eigenvalue weighted by molar-refractivity contribution is 5.66. The zero-order chi connectivity index (χ0) is 17.2. The molecular weight excluding hydrogens is 296 g/mol. The van der Waals surface area contributed by atoms with Gasteiger partial charge in [0.2, 0.25) is 0 Å². The van der Waals surface area contributed by atoms with Crippen LogP contribution >= 0.6 is 0 Å². The number of hydrogen-bond acceptors (Lipinski definition) is 4. The summed E-state index contributed by atoms with van der Waals surface area (Å²) in [4.78, 5) is 10.4. The summed E-state index contributed by atoms with van der Waals surface area (Å²) in [6.45, 7) is 2.01. The number of carboxylic acids is 1. The monoisotopic (exact) mass is 328 g/mol. The first-order chi connectivity index (χ1) is 11.0. The Morgan fingerprint density at radius 2 is 1.78 bits per heavy atom. The van der Waals surface area contributed by atoms with Crippen LogP contribution in [0.1, 0.15) is 64.7 Å². The number of carboxylic acid groups (broad SMARTS) is 1. The lowest BCUT2D eigenvalue weighted by molar-refractivity contribution is -0.137. The van der Waals surface area contributed by atoms with Gasteiger partial charge in [0, 0.05) is 18.8 Å². The Morgan fingerprint density at radius 1 is 1.13 bits per heavy atom. The van der Waals surface area contributed by atoms with Crippen LogP contribution in [-0.4, -0.2) is 44.7 Å². The smallest absolute Gasteiger partial charge is 0.303 e. The minimum atomic E-state index is -0.741. The molecule has 0 aromatic heterocycles. The van der Waals surface area contributed by atoms with Crippen LogP contribution in [0.3, 0.4) is 0 Å². The predicted octanol–water partition coefficient (Wildman–Crippen LogP) is 2.49. The molecule has 0 aliphatic heterocycles. The molecule has 0 aromatic rings. The number of carbonyl (C=O) groups is 1. The maximum atomic E-state index is 10.4. The molecule has 4 N–H and O–H groups in total. The summed E-state index contributed by atoms with van der Waals surface area (Å²) in [5, 5.41) is 38.4. The number of aliphatic hydroxyl groups is 3. The molecule has 5 nitrogen and oxygen atoms in total. The van der Waals surface area contributed by atoms with Gasteiger partial charge in [0.25, 0.3) is 0 Å². The lowest BCUT2D eigenvalue weighted by atomic mass is 9.90. The molecular formula is C18H32O5. The van der Waals surface area contributed by atoms with Crippen LogP contribution in [0.4, 0.5) is 0 Å². The average Bonchev–Trinajstić information content (AvgIpc) is 2.76. The third-order valence-corrected chi connectivity index (χ3v) is 4.83. The normalized spacial score (nSPS) is 29.2. The van der Waals surface area contributed by atoms with Crippen LogP contribution in [0.25, 0.3) is 0 Å². The van der Waals surface area contributed by atoms with E-state index < -0.39 is 24.3 Å². The van der Waals surface area contributed by atoms with Crippen molar-refractivity contribution in [2.24, 2.45) is 11.8 Å². The van der Waals surface area contributed by atoms with Gasteiger partial charge in [-0.15, -0.1) is 0 Å². The fourth-order valence-corrected chi connectivity index (χ4v) is 3.45. The van der Waals surface area contributed by atoms with E-state index in [9.17, 15) is 20.1 Å². The Hall–Kier alpha value is -0.910. The molecule has 1 aliphatic rings. The second-order valence-corrected chi connectivity index (χ2v) is 6.67. The standard InChI is InChI=1S/C18H32O5/c1-2-14-15(17(21)12-16(14)20)11-10-13(19)8-6-4-3-5-7-9-18(22)23/h10-11,13-17,19-21H,2-9,12H2,1H3,(H,22,23)/b11-10+/t13-,14-,15+,16+,17-/m0/s1. The number of unbranched alkanes of at least 4 members (excludes halogenated alkanes) is 4. The van der Waals surface area contributed by atoms with Crippen LogP contribution in [0.2, 0.25) is 0 Å². The summed E-state index contributed by atoms with van der Waals surface area (Å²) >= 11 is 0. The van der Waals surface area contributed by atoms with Crippen LogP contribution in [-0.2, 0) is 4.79 Å². The molecule has 0 saturated heterocycles. The highest BCUT2D eigenvalue weighted by Gasteiger charge is 2.38. The van der Waals surface area contributed by atoms with Gasteiger partial charge in [-0.3, -0.25) is 4.79 Å². The predicted molar refractivity (Wildman–Crippen MR) is 89.0 cm³/mol. The molecule has 5 atom stereocenters. The first-order valence-corrected chi connectivity index (χ1v) is 8.90. The van der Waals surface area contributed by atoms with Gasteiger partial charge in [0.05, 0.1) is 18.3 Å². The van der Waals surface area contributed by atoms with Crippen molar-refractivity contribution < 1.29 is 25.2 Å². The Morgan fingerprint density at radius 3 is 2.43 bits per heavy atom. The zero-order valence-corrected chi connectivity index (χ0v) is 14.1. The minimum Gasteiger partial charge on any atom is -0.481 e. The summed E-state index contributed by atoms with van der Waals surface area (Å²) in [6, 6.07) is 0. The summed E-state index contributed by atoms with van der Waals surface area (Å²) in [5.74, 6) is -0.737. The molecule has 0 bridgehead atoms. The quantitative estimate of drug-likeness (QED) is 0.345. The molecule has 1 aliphatic carbocycles. The van der Waals surface area contributed by atoms with Crippen molar-refractivity contribution in [2.45, 2.75) is 83.0 Å². The maximum Gasteiger partial charge on any atom is 0.303 e. The topological polar surface area (TPSA) is 98.0 Å². The molecule has 0 aromatic carbocycles. The number of aliphatic carboxylic acids is 1. The molecule has 0 amide bonds. The van der Waals surface area contributed by atoms with E-state index in [0.29, 0.717) is 12.8 Å². The summed E-state index contributed by atoms with van der Waals surface area (Å²) < 4.78 is 0. The Kier molecular flexibility index (Phi) is 9.44. The van der Waals surface area contributed by atoms with Gasteiger partial charge < -0.3 is 20.4 Å². The molecule has 1 fully saturated rings. The van der Waals surface area contributed by atoms with Gasteiger partial charge >= 0.3 is 5.97 Å². The van der Waals surface area contributed by atoms with Crippen LogP contribution in [0.5, 0.6) is 0 Å². The van der Waals surface area contributed by atoms with Gasteiger partial charge in [0.15, 0.2) is 0 Å². The van der Waals surface area contributed by atoms with Crippen LogP contribution < -0.4 is 0 Å². The van der Waals surface area contributed by atoms with Crippen molar-refractivity contribution in [1.29, 1.82) is 0 Å². The van der Waals surface area contributed by atoms with Crippen molar-refractivity contribution in [3.05, 3.63) is 12.2 Å². The van der Waals surface area contributed by atoms with Crippen molar-refractivity contribution >= 4 is 5.97 Å². The van der Waals surface area contributed by atoms with E-state index in [1.807, 2.05) is 13.0 Å². The lowest BCUT2D eigenvalue weighted by Crippen LogP contribution is -2.20. The van der Waals surface area contributed by atoms with E-state index >= 15 is 0 Å². The van der Waals surface area contributed by atoms with E-state index in [-0.39, 0.29) is 18.3 Å². The zero-order valence-electron chi connectivity index (χ0n) is 14.1.